The van der Waals surface area contributed by atoms with Gasteiger partial charge < -0.3 is 16.2 Å². The first-order chi connectivity index (χ1) is 21.8. The number of carbonyl (C=O) groups excluding carboxylic acids is 1. The van der Waals surface area contributed by atoms with Gasteiger partial charge in [0.15, 0.2) is 23.3 Å². The Hall–Kier alpha value is -3.77. The van der Waals surface area contributed by atoms with Crippen LogP contribution in [-0.2, 0) is 11.2 Å². The van der Waals surface area contributed by atoms with Crippen molar-refractivity contribution in [3.05, 3.63) is 110 Å². The second-order valence-electron chi connectivity index (χ2n) is 11.6. The van der Waals surface area contributed by atoms with Crippen LogP contribution in [0, 0.1) is 23.6 Å². The molecular formula is C36H37Cl2FN4O2S. The van der Waals surface area contributed by atoms with Gasteiger partial charge in [-0.25, -0.2) is 9.38 Å². The summed E-state index contributed by atoms with van der Waals surface area (Å²) in [5.74, 6) is 6.15. The Kier molecular flexibility index (Phi) is 11.6. The number of hydrogen-bond donors (Lipinski definition) is 2. The number of halogens is 3. The second-order valence-corrected chi connectivity index (χ2v) is 13.5. The lowest BCUT2D eigenvalue weighted by molar-refractivity contribution is 0.101. The van der Waals surface area contributed by atoms with Crippen LogP contribution < -0.4 is 16.2 Å². The standard InChI is InChI=1S/C36H37Cl2FN4O2S/c1-21-27(25-10-13-32(39)33(16-25)45-5)18-34(43-19-29(21)36(3,4)26-11-12-30(37)31(38)17-26)46-20-23-8-9-24(28(15-23)22(2)44)7-6-14-42-35(40)41/h8-13,15-17,19,21,27H,14,18,20H2,1-5H3,(H4,40,41,42). The number of nitrogens with two attached hydrogens (primary N) is 2. The number of ether oxygens (including phenoxy) is 1. The molecule has 1 heterocycles. The number of allylic oxidation sites excluding steroid dienone is 1. The summed E-state index contributed by atoms with van der Waals surface area (Å²) in [5.41, 5.74) is 15.5. The molecule has 0 aliphatic carbocycles. The Labute approximate surface area is 284 Å². The van der Waals surface area contributed by atoms with Crippen molar-refractivity contribution in [1.82, 2.24) is 0 Å². The Morgan fingerprint density at radius 1 is 1.13 bits per heavy atom. The van der Waals surface area contributed by atoms with Crippen LogP contribution >= 0.6 is 35.0 Å². The lowest BCUT2D eigenvalue weighted by Crippen LogP contribution is -2.27. The van der Waals surface area contributed by atoms with E-state index in [9.17, 15) is 9.18 Å². The van der Waals surface area contributed by atoms with Gasteiger partial charge in [0.25, 0.3) is 0 Å². The molecule has 3 aromatic rings. The zero-order chi connectivity index (χ0) is 33.6. The molecule has 0 aromatic heterocycles. The average Bonchev–Trinajstić information content (AvgIpc) is 3.18. The molecule has 2 unspecified atom stereocenters. The van der Waals surface area contributed by atoms with Crippen molar-refractivity contribution in [3.8, 4) is 17.6 Å². The highest BCUT2D eigenvalue weighted by atomic mass is 35.5. The van der Waals surface area contributed by atoms with Crippen LogP contribution in [0.2, 0.25) is 10.0 Å². The van der Waals surface area contributed by atoms with Crippen molar-refractivity contribution in [2.75, 3.05) is 13.7 Å². The summed E-state index contributed by atoms with van der Waals surface area (Å²) in [4.78, 5) is 21.4. The molecule has 2 atom stereocenters. The highest BCUT2D eigenvalue weighted by Crippen LogP contribution is 2.46. The normalized spacial score (nSPS) is 16.3. The largest absolute Gasteiger partial charge is 0.494 e. The first-order valence-electron chi connectivity index (χ1n) is 14.7. The van der Waals surface area contributed by atoms with E-state index in [2.05, 4.69) is 37.6 Å². The van der Waals surface area contributed by atoms with Crippen LogP contribution in [0.3, 0.4) is 0 Å². The summed E-state index contributed by atoms with van der Waals surface area (Å²) >= 11 is 14.3. The fourth-order valence-corrected chi connectivity index (χ4v) is 6.83. The highest BCUT2D eigenvalue weighted by Gasteiger charge is 2.36. The molecule has 46 heavy (non-hydrogen) atoms. The molecule has 0 spiro atoms. The number of rotatable bonds is 8. The lowest BCUT2D eigenvalue weighted by Gasteiger charge is -2.35. The third-order valence-electron chi connectivity index (χ3n) is 8.24. The first kappa shape index (κ1) is 35.1. The third-order valence-corrected chi connectivity index (χ3v) is 10.1. The quantitative estimate of drug-likeness (QED) is 0.108. The number of aliphatic imine (C=N–C) groups is 2. The molecule has 1 aliphatic rings. The molecule has 3 aromatic carbocycles. The summed E-state index contributed by atoms with van der Waals surface area (Å²) in [6, 6.07) is 16.4. The number of carbonyl (C=O) groups is 1. The minimum atomic E-state index is -0.436. The number of hydrogen-bond acceptors (Lipinski definition) is 5. The van der Waals surface area contributed by atoms with E-state index in [-0.39, 0.29) is 35.9 Å². The highest BCUT2D eigenvalue weighted by molar-refractivity contribution is 8.13. The number of nitrogens with zero attached hydrogens (tertiary/aromatic N) is 2. The first-order valence-corrected chi connectivity index (χ1v) is 16.4. The summed E-state index contributed by atoms with van der Waals surface area (Å²) < 4.78 is 19.8. The van der Waals surface area contributed by atoms with Crippen LogP contribution in [0.25, 0.3) is 0 Å². The molecule has 1 aliphatic heterocycles. The van der Waals surface area contributed by atoms with Gasteiger partial charge in [-0.3, -0.25) is 9.79 Å². The molecule has 0 saturated heterocycles. The number of benzene rings is 3. The van der Waals surface area contributed by atoms with E-state index in [1.54, 1.807) is 17.8 Å². The van der Waals surface area contributed by atoms with Crippen LogP contribution in [0.5, 0.6) is 5.75 Å². The van der Waals surface area contributed by atoms with E-state index in [0.717, 1.165) is 27.3 Å². The van der Waals surface area contributed by atoms with Crippen molar-refractivity contribution in [2.24, 2.45) is 27.4 Å². The minimum Gasteiger partial charge on any atom is -0.494 e. The third kappa shape index (κ3) is 8.33. The van der Waals surface area contributed by atoms with Gasteiger partial charge in [-0.2, -0.15) is 0 Å². The van der Waals surface area contributed by atoms with E-state index in [1.165, 1.54) is 20.1 Å². The van der Waals surface area contributed by atoms with Gasteiger partial charge in [0.1, 0.15) is 6.54 Å². The zero-order valence-corrected chi connectivity index (χ0v) is 28.8. The van der Waals surface area contributed by atoms with Gasteiger partial charge in [0.05, 0.1) is 22.2 Å². The topological polar surface area (TPSA) is 103 Å². The minimum absolute atomic E-state index is 0.0211. The predicted molar refractivity (Wildman–Crippen MR) is 190 cm³/mol. The van der Waals surface area contributed by atoms with Crippen LogP contribution in [-0.4, -0.2) is 30.4 Å². The van der Waals surface area contributed by atoms with Gasteiger partial charge in [0.2, 0.25) is 0 Å². The van der Waals surface area contributed by atoms with Crippen LogP contribution in [0.15, 0.2) is 76.4 Å². The van der Waals surface area contributed by atoms with Crippen molar-refractivity contribution in [3.63, 3.8) is 0 Å². The van der Waals surface area contributed by atoms with Gasteiger partial charge in [-0.1, -0.05) is 74.0 Å². The molecular weight excluding hydrogens is 642 g/mol. The van der Waals surface area contributed by atoms with Gasteiger partial charge in [-0.05, 0) is 77.4 Å². The van der Waals surface area contributed by atoms with E-state index < -0.39 is 11.2 Å². The predicted octanol–water partition coefficient (Wildman–Crippen LogP) is 8.29. The van der Waals surface area contributed by atoms with E-state index >= 15 is 0 Å². The lowest BCUT2D eigenvalue weighted by atomic mass is 9.68. The fourth-order valence-electron chi connectivity index (χ4n) is 5.60. The molecule has 4 N–H and O–H groups in total. The number of ketones is 1. The molecule has 0 fully saturated rings. The molecule has 6 nitrogen and oxygen atoms in total. The Balaban J connectivity index is 1.69. The monoisotopic (exact) mass is 678 g/mol. The van der Waals surface area contributed by atoms with Crippen LogP contribution in [0.4, 0.5) is 4.39 Å². The Morgan fingerprint density at radius 3 is 2.57 bits per heavy atom. The number of Topliss-reactive ketones (excluding diaryl/α,β-unsaturated/α-hetero) is 1. The summed E-state index contributed by atoms with van der Waals surface area (Å²) in [6.45, 7) is 8.15. The SMILES string of the molecule is COc1cc(C2CC(SCc3ccc(C#CCN=C(N)N)c(C(C)=O)c3)=NC=C(C(C)(C)c3ccc(Cl)c(Cl)c3)C2C)ccc1F. The van der Waals surface area contributed by atoms with Gasteiger partial charge >= 0.3 is 0 Å². The maximum absolute atomic E-state index is 14.5. The molecule has 0 saturated carbocycles. The van der Waals surface area contributed by atoms with E-state index in [0.29, 0.717) is 33.3 Å². The smallest absolute Gasteiger partial charge is 0.186 e. The summed E-state index contributed by atoms with van der Waals surface area (Å²) in [6.07, 6.45) is 2.60. The molecule has 0 radical (unpaired) electrons. The molecule has 10 heteroatoms. The number of methoxy groups -OCH3 is 1. The van der Waals surface area contributed by atoms with E-state index in [1.807, 2.05) is 48.7 Å². The van der Waals surface area contributed by atoms with Gasteiger partial charge in [-0.15, -0.1) is 11.8 Å². The maximum atomic E-state index is 14.5. The van der Waals surface area contributed by atoms with Crippen LogP contribution in [0.1, 0.15) is 72.6 Å². The van der Waals surface area contributed by atoms with Gasteiger partial charge in [0, 0.05) is 34.9 Å². The Morgan fingerprint density at radius 2 is 1.89 bits per heavy atom. The fraction of sp³-hybridized carbons (Fsp3) is 0.306. The zero-order valence-electron chi connectivity index (χ0n) is 26.5. The maximum Gasteiger partial charge on any atom is 0.186 e. The summed E-state index contributed by atoms with van der Waals surface area (Å²) in [5, 5.41) is 1.91. The second kappa shape index (κ2) is 15.2. The van der Waals surface area contributed by atoms with Crippen molar-refractivity contribution in [2.45, 2.75) is 51.2 Å². The van der Waals surface area contributed by atoms with E-state index in [4.69, 9.17) is 44.4 Å². The molecule has 0 amide bonds. The molecule has 0 bridgehead atoms. The average molecular weight is 680 g/mol. The molecule has 4 rings (SSSR count). The molecule has 240 valence electrons. The number of guanidine groups is 1. The van der Waals surface area contributed by atoms with Crippen molar-refractivity contribution in [1.29, 1.82) is 0 Å². The Bertz CT molecular complexity index is 1790. The summed E-state index contributed by atoms with van der Waals surface area (Å²) in [7, 11) is 1.47. The van der Waals surface area contributed by atoms with Crippen molar-refractivity contribution >= 4 is 51.8 Å². The number of thioether (sulfide) groups is 1. The van der Waals surface area contributed by atoms with Crippen molar-refractivity contribution < 1.29 is 13.9 Å².